The molecule has 0 aliphatic heterocycles. The van der Waals surface area contributed by atoms with Crippen LogP contribution in [-0.4, -0.2) is 16.5 Å². The summed E-state index contributed by atoms with van der Waals surface area (Å²) in [5.74, 6) is 0.0169. The number of nitrogens with zero attached hydrogens (tertiary/aromatic N) is 2. The summed E-state index contributed by atoms with van der Waals surface area (Å²) in [7, 11) is 0. The smallest absolute Gasteiger partial charge is 0.222 e. The molecule has 0 radical (unpaired) electrons. The monoisotopic (exact) mass is 245 g/mol. The van der Waals surface area contributed by atoms with Gasteiger partial charge in [-0.1, -0.05) is 44.2 Å². The molecule has 0 spiro atoms. The molecule has 1 heterocycles. The molecule has 1 N–H and O–H groups in total. The number of hydrogen-bond donors (Lipinski definition) is 1. The number of anilines is 1. The zero-order valence-corrected chi connectivity index (χ0v) is 10.5. The van der Waals surface area contributed by atoms with Crippen LogP contribution in [0.3, 0.4) is 0 Å². The van der Waals surface area contributed by atoms with Gasteiger partial charge in [-0.05, 0) is 5.56 Å². The first-order chi connectivity index (χ1) is 8.58. The Morgan fingerprint density at radius 3 is 2.33 bits per heavy atom. The van der Waals surface area contributed by atoms with E-state index in [0.29, 0.717) is 12.5 Å². The fourth-order valence-electron chi connectivity index (χ4n) is 1.69. The topological polar surface area (TPSA) is 37.8 Å². The third-order valence-electron chi connectivity index (χ3n) is 2.86. The van der Waals surface area contributed by atoms with Crippen molar-refractivity contribution in [2.45, 2.75) is 19.3 Å². The number of aromatic nitrogens is 2. The molecule has 4 heteroatoms. The summed E-state index contributed by atoms with van der Waals surface area (Å²) in [5.41, 5.74) is 1.19. The van der Waals surface area contributed by atoms with E-state index < -0.39 is 5.82 Å². The van der Waals surface area contributed by atoms with Crippen LogP contribution in [0.4, 0.5) is 10.3 Å². The van der Waals surface area contributed by atoms with Gasteiger partial charge in [0.2, 0.25) is 5.95 Å². The van der Waals surface area contributed by atoms with E-state index in [1.165, 1.54) is 5.56 Å². The van der Waals surface area contributed by atoms with E-state index in [9.17, 15) is 4.39 Å². The first kappa shape index (κ1) is 12.5. The lowest BCUT2D eigenvalue weighted by molar-refractivity contribution is 0.554. The summed E-state index contributed by atoms with van der Waals surface area (Å²) in [5, 5.41) is 3.12. The second-order valence-corrected chi connectivity index (χ2v) is 4.83. The van der Waals surface area contributed by atoms with Gasteiger partial charge in [0.15, 0.2) is 5.82 Å². The fraction of sp³-hybridized carbons (Fsp3) is 0.286. The molecule has 0 aliphatic rings. The number of halogens is 1. The standard InChI is InChI=1S/C14H16FN3/c1-14(2,11-6-4-3-5-7-11)10-18-13-16-8-12(15)9-17-13/h3-9H,10H2,1-2H3,(H,16,17,18). The minimum atomic E-state index is -0.428. The van der Waals surface area contributed by atoms with Crippen molar-refractivity contribution in [2.75, 3.05) is 11.9 Å². The van der Waals surface area contributed by atoms with Crippen LogP contribution in [0.15, 0.2) is 42.7 Å². The van der Waals surface area contributed by atoms with Gasteiger partial charge in [-0.15, -0.1) is 0 Å². The summed E-state index contributed by atoms with van der Waals surface area (Å²) < 4.78 is 12.7. The molecule has 0 atom stereocenters. The number of rotatable bonds is 4. The third kappa shape index (κ3) is 3.03. The van der Waals surface area contributed by atoms with Crippen molar-refractivity contribution in [1.82, 2.24) is 9.97 Å². The average molecular weight is 245 g/mol. The van der Waals surface area contributed by atoms with Crippen LogP contribution in [0, 0.1) is 5.82 Å². The van der Waals surface area contributed by atoms with Crippen molar-refractivity contribution < 1.29 is 4.39 Å². The third-order valence-corrected chi connectivity index (χ3v) is 2.86. The molecule has 2 aromatic rings. The van der Waals surface area contributed by atoms with Crippen molar-refractivity contribution in [2.24, 2.45) is 0 Å². The van der Waals surface area contributed by atoms with Crippen molar-refractivity contribution >= 4 is 5.95 Å². The molecule has 1 aromatic heterocycles. The summed E-state index contributed by atoms with van der Waals surface area (Å²) in [6, 6.07) is 10.2. The van der Waals surface area contributed by atoms with Crippen LogP contribution in [-0.2, 0) is 5.41 Å². The highest BCUT2D eigenvalue weighted by Gasteiger charge is 2.20. The highest BCUT2D eigenvalue weighted by Crippen LogP contribution is 2.22. The molecule has 3 nitrogen and oxygen atoms in total. The zero-order chi connectivity index (χ0) is 13.0. The summed E-state index contributed by atoms with van der Waals surface area (Å²) in [6.07, 6.45) is 2.32. The molecular formula is C14H16FN3. The van der Waals surface area contributed by atoms with Gasteiger partial charge in [0.1, 0.15) is 0 Å². The molecule has 2 rings (SSSR count). The van der Waals surface area contributed by atoms with Crippen molar-refractivity contribution in [3.63, 3.8) is 0 Å². The molecule has 94 valence electrons. The molecule has 0 amide bonds. The lowest BCUT2D eigenvalue weighted by atomic mass is 9.85. The molecule has 1 aromatic carbocycles. The Kier molecular flexibility index (Phi) is 3.55. The Morgan fingerprint density at radius 1 is 1.11 bits per heavy atom. The number of hydrogen-bond acceptors (Lipinski definition) is 3. The maximum absolute atomic E-state index is 12.7. The van der Waals surface area contributed by atoms with Crippen LogP contribution in [0.5, 0.6) is 0 Å². The molecule has 18 heavy (non-hydrogen) atoms. The molecule has 0 aliphatic carbocycles. The lowest BCUT2D eigenvalue weighted by Crippen LogP contribution is -2.28. The Morgan fingerprint density at radius 2 is 1.72 bits per heavy atom. The predicted molar refractivity (Wildman–Crippen MR) is 69.9 cm³/mol. The molecule has 0 saturated carbocycles. The Balaban J connectivity index is 2.03. The molecule has 0 unspecified atom stereocenters. The lowest BCUT2D eigenvalue weighted by Gasteiger charge is -2.25. The van der Waals surface area contributed by atoms with Crippen LogP contribution < -0.4 is 5.32 Å². The van der Waals surface area contributed by atoms with E-state index in [1.807, 2.05) is 18.2 Å². The second-order valence-electron chi connectivity index (χ2n) is 4.83. The Bertz CT molecular complexity index is 494. The number of benzene rings is 1. The van der Waals surface area contributed by atoms with Crippen molar-refractivity contribution in [1.29, 1.82) is 0 Å². The minimum Gasteiger partial charge on any atom is -0.353 e. The molecule has 0 saturated heterocycles. The molecule has 0 fully saturated rings. The van der Waals surface area contributed by atoms with Gasteiger partial charge >= 0.3 is 0 Å². The van der Waals surface area contributed by atoms with E-state index in [4.69, 9.17) is 0 Å². The minimum absolute atomic E-state index is 0.0427. The van der Waals surface area contributed by atoms with Crippen molar-refractivity contribution in [3.8, 4) is 0 Å². The van der Waals surface area contributed by atoms with Gasteiger partial charge in [-0.25, -0.2) is 14.4 Å². The van der Waals surface area contributed by atoms with Crippen LogP contribution in [0.25, 0.3) is 0 Å². The van der Waals surface area contributed by atoms with Crippen LogP contribution in [0.2, 0.25) is 0 Å². The summed E-state index contributed by atoms with van der Waals surface area (Å²) >= 11 is 0. The maximum Gasteiger partial charge on any atom is 0.222 e. The zero-order valence-electron chi connectivity index (χ0n) is 10.5. The Hall–Kier alpha value is -1.97. The van der Waals surface area contributed by atoms with Gasteiger partial charge in [-0.3, -0.25) is 0 Å². The van der Waals surface area contributed by atoms with E-state index in [1.54, 1.807) is 0 Å². The van der Waals surface area contributed by atoms with Gasteiger partial charge in [0.25, 0.3) is 0 Å². The van der Waals surface area contributed by atoms with Crippen LogP contribution >= 0.6 is 0 Å². The largest absolute Gasteiger partial charge is 0.353 e. The normalized spacial score (nSPS) is 11.3. The Labute approximate surface area is 106 Å². The van der Waals surface area contributed by atoms with Gasteiger partial charge < -0.3 is 5.32 Å². The van der Waals surface area contributed by atoms with Gasteiger partial charge in [0.05, 0.1) is 12.4 Å². The number of nitrogens with one attached hydrogen (secondary N) is 1. The second kappa shape index (κ2) is 5.12. The van der Waals surface area contributed by atoms with E-state index in [0.717, 1.165) is 12.4 Å². The first-order valence-electron chi connectivity index (χ1n) is 5.85. The fourth-order valence-corrected chi connectivity index (χ4v) is 1.69. The summed E-state index contributed by atoms with van der Waals surface area (Å²) in [4.78, 5) is 7.76. The quantitative estimate of drug-likeness (QED) is 0.899. The SMILES string of the molecule is CC(C)(CNc1ncc(F)cn1)c1ccccc1. The van der Waals surface area contributed by atoms with E-state index in [-0.39, 0.29) is 5.41 Å². The van der Waals surface area contributed by atoms with Gasteiger partial charge in [0, 0.05) is 12.0 Å². The van der Waals surface area contributed by atoms with Gasteiger partial charge in [-0.2, -0.15) is 0 Å². The predicted octanol–water partition coefficient (Wildman–Crippen LogP) is 3.01. The highest BCUT2D eigenvalue weighted by atomic mass is 19.1. The average Bonchev–Trinajstić information content (AvgIpc) is 2.39. The first-order valence-corrected chi connectivity index (χ1v) is 5.85. The van der Waals surface area contributed by atoms with E-state index in [2.05, 4.69) is 41.3 Å². The molecular weight excluding hydrogens is 229 g/mol. The van der Waals surface area contributed by atoms with E-state index >= 15 is 0 Å². The highest BCUT2D eigenvalue weighted by molar-refractivity contribution is 5.29. The van der Waals surface area contributed by atoms with Crippen molar-refractivity contribution in [3.05, 3.63) is 54.1 Å². The maximum atomic E-state index is 12.7. The molecule has 0 bridgehead atoms. The van der Waals surface area contributed by atoms with Crippen LogP contribution in [0.1, 0.15) is 19.4 Å². The summed E-state index contributed by atoms with van der Waals surface area (Å²) in [6.45, 7) is 4.96.